The van der Waals surface area contributed by atoms with Crippen LogP contribution in [0.3, 0.4) is 0 Å². The number of fused-ring (bicyclic) bond motifs is 1. The number of halogens is 1. The molecule has 1 heterocycles. The molecule has 0 unspecified atom stereocenters. The van der Waals surface area contributed by atoms with E-state index < -0.39 is 10.0 Å². The number of rotatable bonds is 7. The van der Waals surface area contributed by atoms with Gasteiger partial charge in [0.15, 0.2) is 0 Å². The molecule has 8 heteroatoms. The van der Waals surface area contributed by atoms with Crippen LogP contribution < -0.4 is 10.3 Å². The number of ether oxygens (including phenoxy) is 1. The molecule has 0 amide bonds. The van der Waals surface area contributed by atoms with E-state index in [2.05, 4.69) is 4.98 Å². The Labute approximate surface area is 197 Å². The average molecular weight is 483 g/mol. The second kappa shape index (κ2) is 9.39. The van der Waals surface area contributed by atoms with Crippen molar-refractivity contribution in [2.75, 3.05) is 7.11 Å². The molecule has 170 valence electrons. The smallest absolute Gasteiger partial charge is 0.252 e. The molecule has 0 spiro atoms. The largest absolute Gasteiger partial charge is 0.497 e. The predicted molar refractivity (Wildman–Crippen MR) is 130 cm³/mol. The summed E-state index contributed by atoms with van der Waals surface area (Å²) < 4.78 is 33.6. The quantitative estimate of drug-likeness (QED) is 0.406. The van der Waals surface area contributed by atoms with Gasteiger partial charge in [-0.1, -0.05) is 35.4 Å². The van der Waals surface area contributed by atoms with Crippen molar-refractivity contribution in [1.82, 2.24) is 9.29 Å². The highest BCUT2D eigenvalue weighted by molar-refractivity contribution is 7.89. The Balaban J connectivity index is 1.76. The van der Waals surface area contributed by atoms with E-state index in [-0.39, 0.29) is 23.5 Å². The fourth-order valence-corrected chi connectivity index (χ4v) is 5.13. The van der Waals surface area contributed by atoms with Gasteiger partial charge in [-0.05, 0) is 72.5 Å². The number of nitrogens with zero attached hydrogens (tertiary/aromatic N) is 1. The third-order valence-corrected chi connectivity index (χ3v) is 7.45. The molecule has 6 nitrogen and oxygen atoms in total. The summed E-state index contributed by atoms with van der Waals surface area (Å²) in [5.41, 5.74) is 2.55. The zero-order chi connectivity index (χ0) is 23.6. The lowest BCUT2D eigenvalue weighted by atomic mass is 10.1. The summed E-state index contributed by atoms with van der Waals surface area (Å²) in [5.74, 6) is 0.673. The Morgan fingerprint density at radius 1 is 0.939 bits per heavy atom. The SMILES string of the molecule is COc1ccc(CN(Cc2cc3cc(C)ccc3[nH]c2=O)S(=O)(=O)c2ccc(Cl)cc2)cc1. The van der Waals surface area contributed by atoms with Crippen LogP contribution in [0.4, 0.5) is 0 Å². The summed E-state index contributed by atoms with van der Waals surface area (Å²) in [4.78, 5) is 15.7. The van der Waals surface area contributed by atoms with Crippen LogP contribution in [-0.2, 0) is 23.1 Å². The maximum atomic E-state index is 13.6. The minimum atomic E-state index is -3.92. The summed E-state index contributed by atoms with van der Waals surface area (Å²) >= 11 is 5.95. The van der Waals surface area contributed by atoms with Gasteiger partial charge < -0.3 is 9.72 Å². The topological polar surface area (TPSA) is 79.5 Å². The summed E-state index contributed by atoms with van der Waals surface area (Å²) in [7, 11) is -2.35. The first-order valence-electron chi connectivity index (χ1n) is 10.3. The molecular weight excluding hydrogens is 460 g/mol. The van der Waals surface area contributed by atoms with E-state index in [1.54, 1.807) is 37.4 Å². The number of aromatic nitrogens is 1. The fraction of sp³-hybridized carbons (Fsp3) is 0.160. The molecule has 3 aromatic carbocycles. The third kappa shape index (κ3) is 5.11. The molecule has 4 aromatic rings. The van der Waals surface area contributed by atoms with Gasteiger partial charge in [0.2, 0.25) is 10.0 Å². The Hall–Kier alpha value is -3.13. The molecule has 33 heavy (non-hydrogen) atoms. The first-order chi connectivity index (χ1) is 15.8. The molecule has 0 radical (unpaired) electrons. The number of pyridine rings is 1. The molecule has 1 N–H and O–H groups in total. The zero-order valence-corrected chi connectivity index (χ0v) is 19.8. The average Bonchev–Trinajstić information content (AvgIpc) is 2.80. The number of aryl methyl sites for hydroxylation is 1. The number of methoxy groups -OCH3 is 1. The van der Waals surface area contributed by atoms with E-state index in [1.807, 2.05) is 25.1 Å². The van der Waals surface area contributed by atoms with Crippen molar-refractivity contribution in [3.05, 3.63) is 105 Å². The van der Waals surface area contributed by atoms with Crippen molar-refractivity contribution < 1.29 is 13.2 Å². The lowest BCUT2D eigenvalue weighted by Crippen LogP contribution is -2.32. The van der Waals surface area contributed by atoms with Crippen LogP contribution in [0.15, 0.2) is 82.5 Å². The van der Waals surface area contributed by atoms with E-state index in [4.69, 9.17) is 16.3 Å². The number of nitrogens with one attached hydrogen (secondary N) is 1. The zero-order valence-electron chi connectivity index (χ0n) is 18.2. The van der Waals surface area contributed by atoms with Crippen LogP contribution in [-0.4, -0.2) is 24.8 Å². The molecule has 0 bridgehead atoms. The molecule has 0 aliphatic heterocycles. The second-order valence-corrected chi connectivity index (χ2v) is 10.2. The number of H-pyrrole nitrogens is 1. The standard InChI is InChI=1S/C25H23ClN2O4S/c1-17-3-12-24-19(13-17)14-20(25(29)27-24)16-28(15-18-4-8-22(32-2)9-5-18)33(30,31)23-10-6-21(26)7-11-23/h3-14H,15-16H2,1-2H3,(H,27,29). The van der Waals surface area contributed by atoms with Crippen LogP contribution in [0.1, 0.15) is 16.7 Å². The molecule has 0 saturated carbocycles. The number of benzene rings is 3. The van der Waals surface area contributed by atoms with Crippen molar-refractivity contribution in [1.29, 1.82) is 0 Å². The van der Waals surface area contributed by atoms with E-state index in [9.17, 15) is 13.2 Å². The van der Waals surface area contributed by atoms with Crippen molar-refractivity contribution in [3.8, 4) is 5.75 Å². The lowest BCUT2D eigenvalue weighted by Gasteiger charge is -2.22. The van der Waals surface area contributed by atoms with E-state index in [0.29, 0.717) is 21.9 Å². The normalized spacial score (nSPS) is 11.8. The number of sulfonamides is 1. The van der Waals surface area contributed by atoms with Crippen LogP contribution in [0.25, 0.3) is 10.9 Å². The highest BCUT2D eigenvalue weighted by Crippen LogP contribution is 2.24. The van der Waals surface area contributed by atoms with E-state index >= 15 is 0 Å². The van der Waals surface area contributed by atoms with Crippen LogP contribution >= 0.6 is 11.6 Å². The second-order valence-electron chi connectivity index (χ2n) is 7.79. The van der Waals surface area contributed by atoms with Gasteiger partial charge in [0, 0.05) is 29.2 Å². The number of aromatic amines is 1. The molecule has 0 atom stereocenters. The summed E-state index contributed by atoms with van der Waals surface area (Å²) in [6.45, 7) is 1.96. The third-order valence-electron chi connectivity index (χ3n) is 5.39. The van der Waals surface area contributed by atoms with Gasteiger partial charge in [-0.2, -0.15) is 4.31 Å². The van der Waals surface area contributed by atoms with E-state index in [0.717, 1.165) is 16.5 Å². The number of hydrogen-bond acceptors (Lipinski definition) is 4. The van der Waals surface area contributed by atoms with Crippen LogP contribution in [0.5, 0.6) is 5.75 Å². The van der Waals surface area contributed by atoms with Crippen molar-refractivity contribution in [2.24, 2.45) is 0 Å². The highest BCUT2D eigenvalue weighted by atomic mass is 35.5. The Bertz CT molecular complexity index is 1450. The summed E-state index contributed by atoms with van der Waals surface area (Å²) in [6.07, 6.45) is 0. The molecule has 0 fully saturated rings. The van der Waals surface area contributed by atoms with E-state index in [1.165, 1.54) is 28.6 Å². The Kier molecular flexibility index (Phi) is 6.56. The molecule has 4 rings (SSSR count). The first kappa shape index (κ1) is 23.0. The number of hydrogen-bond donors (Lipinski definition) is 1. The molecular formula is C25H23ClN2O4S. The minimum Gasteiger partial charge on any atom is -0.497 e. The molecule has 0 aliphatic carbocycles. The van der Waals surface area contributed by atoms with Gasteiger partial charge in [-0.3, -0.25) is 4.79 Å². The molecule has 1 aromatic heterocycles. The van der Waals surface area contributed by atoms with Gasteiger partial charge in [0.25, 0.3) is 5.56 Å². The van der Waals surface area contributed by atoms with Gasteiger partial charge in [0.1, 0.15) is 5.75 Å². The Morgan fingerprint density at radius 3 is 2.30 bits per heavy atom. The first-order valence-corrected chi connectivity index (χ1v) is 12.1. The minimum absolute atomic E-state index is 0.0836. The van der Waals surface area contributed by atoms with Crippen molar-refractivity contribution in [3.63, 3.8) is 0 Å². The molecule has 0 saturated heterocycles. The molecule has 0 aliphatic rings. The monoisotopic (exact) mass is 482 g/mol. The highest BCUT2D eigenvalue weighted by Gasteiger charge is 2.26. The fourth-order valence-electron chi connectivity index (χ4n) is 3.59. The van der Waals surface area contributed by atoms with Gasteiger partial charge >= 0.3 is 0 Å². The van der Waals surface area contributed by atoms with Gasteiger partial charge in [-0.15, -0.1) is 0 Å². The van der Waals surface area contributed by atoms with Crippen LogP contribution in [0.2, 0.25) is 5.02 Å². The van der Waals surface area contributed by atoms with Gasteiger partial charge in [0.05, 0.1) is 12.0 Å². The summed E-state index contributed by atoms with van der Waals surface area (Å²) in [6, 6.07) is 20.6. The predicted octanol–water partition coefficient (Wildman–Crippen LogP) is 4.89. The lowest BCUT2D eigenvalue weighted by molar-refractivity contribution is 0.398. The van der Waals surface area contributed by atoms with Crippen LogP contribution in [0, 0.1) is 6.92 Å². The summed E-state index contributed by atoms with van der Waals surface area (Å²) in [5, 5.41) is 1.29. The Morgan fingerprint density at radius 2 is 1.64 bits per heavy atom. The maximum Gasteiger partial charge on any atom is 0.252 e. The maximum absolute atomic E-state index is 13.6. The van der Waals surface area contributed by atoms with Gasteiger partial charge in [-0.25, -0.2) is 8.42 Å². The van der Waals surface area contributed by atoms with Crippen molar-refractivity contribution >= 4 is 32.5 Å². The van der Waals surface area contributed by atoms with Crippen molar-refractivity contribution in [2.45, 2.75) is 24.9 Å².